The molecule has 94 valence electrons. The van der Waals surface area contributed by atoms with E-state index in [2.05, 4.69) is 6.92 Å². The molecule has 2 atom stereocenters. The predicted octanol–water partition coefficient (Wildman–Crippen LogP) is 3.24. The molecule has 0 heterocycles. The number of hydrogen-bond acceptors (Lipinski definition) is 2. The highest BCUT2D eigenvalue weighted by molar-refractivity contribution is 4.89. The third kappa shape index (κ3) is 2.98. The third-order valence-corrected chi connectivity index (χ3v) is 4.39. The van der Waals surface area contributed by atoms with E-state index < -0.39 is 0 Å². The van der Waals surface area contributed by atoms with Crippen LogP contribution in [0.1, 0.15) is 64.7 Å². The van der Waals surface area contributed by atoms with Crippen molar-refractivity contribution in [3.63, 3.8) is 0 Å². The van der Waals surface area contributed by atoms with Crippen molar-refractivity contribution in [1.82, 2.24) is 0 Å². The van der Waals surface area contributed by atoms with Gasteiger partial charge in [-0.2, -0.15) is 0 Å². The maximum absolute atomic E-state index is 6.41. The monoisotopic (exact) mass is 225 g/mol. The molecule has 2 fully saturated rings. The zero-order valence-corrected chi connectivity index (χ0v) is 10.7. The minimum atomic E-state index is 0.0275. The van der Waals surface area contributed by atoms with Gasteiger partial charge >= 0.3 is 0 Å². The SMILES string of the molecule is CC1CCCC(CN)(OC2CCCCC2)C1. The first-order valence-corrected chi connectivity index (χ1v) is 7.12. The van der Waals surface area contributed by atoms with Gasteiger partial charge in [-0.25, -0.2) is 0 Å². The van der Waals surface area contributed by atoms with Crippen molar-refractivity contribution >= 4 is 0 Å². The van der Waals surface area contributed by atoms with Crippen molar-refractivity contribution in [2.45, 2.75) is 76.4 Å². The van der Waals surface area contributed by atoms with E-state index in [4.69, 9.17) is 10.5 Å². The molecule has 0 aliphatic heterocycles. The van der Waals surface area contributed by atoms with Crippen LogP contribution in [0, 0.1) is 5.92 Å². The van der Waals surface area contributed by atoms with Crippen LogP contribution in [0.4, 0.5) is 0 Å². The molecule has 2 saturated carbocycles. The summed E-state index contributed by atoms with van der Waals surface area (Å²) >= 11 is 0. The summed E-state index contributed by atoms with van der Waals surface area (Å²) in [5, 5.41) is 0. The molecule has 0 aromatic heterocycles. The van der Waals surface area contributed by atoms with Gasteiger partial charge in [0.05, 0.1) is 11.7 Å². The third-order valence-electron chi connectivity index (χ3n) is 4.39. The van der Waals surface area contributed by atoms with E-state index in [9.17, 15) is 0 Å². The Balaban J connectivity index is 1.91. The van der Waals surface area contributed by atoms with Crippen LogP contribution in [0.5, 0.6) is 0 Å². The fourth-order valence-corrected chi connectivity index (χ4v) is 3.49. The van der Waals surface area contributed by atoms with Crippen molar-refractivity contribution < 1.29 is 4.74 Å². The van der Waals surface area contributed by atoms with Crippen LogP contribution >= 0.6 is 0 Å². The Morgan fingerprint density at radius 1 is 1.12 bits per heavy atom. The van der Waals surface area contributed by atoms with Gasteiger partial charge in [0.2, 0.25) is 0 Å². The van der Waals surface area contributed by atoms with Gasteiger partial charge in [-0.15, -0.1) is 0 Å². The van der Waals surface area contributed by atoms with E-state index in [1.54, 1.807) is 0 Å². The van der Waals surface area contributed by atoms with Gasteiger partial charge in [-0.3, -0.25) is 0 Å². The van der Waals surface area contributed by atoms with E-state index in [-0.39, 0.29) is 5.60 Å². The molecule has 2 rings (SSSR count). The van der Waals surface area contributed by atoms with Crippen LogP contribution in [0.15, 0.2) is 0 Å². The van der Waals surface area contributed by atoms with Crippen LogP contribution in [0.25, 0.3) is 0 Å². The smallest absolute Gasteiger partial charge is 0.0810 e. The van der Waals surface area contributed by atoms with Crippen LogP contribution in [-0.2, 0) is 4.74 Å². The molecule has 0 amide bonds. The van der Waals surface area contributed by atoms with Gasteiger partial charge in [0.25, 0.3) is 0 Å². The van der Waals surface area contributed by atoms with E-state index >= 15 is 0 Å². The Labute approximate surface area is 99.9 Å². The summed E-state index contributed by atoms with van der Waals surface area (Å²) in [6.45, 7) is 3.06. The average Bonchev–Trinajstić information content (AvgIpc) is 2.30. The van der Waals surface area contributed by atoms with Gasteiger partial charge < -0.3 is 10.5 Å². The van der Waals surface area contributed by atoms with Crippen LogP contribution < -0.4 is 5.73 Å². The lowest BCUT2D eigenvalue weighted by Gasteiger charge is -2.42. The summed E-state index contributed by atoms with van der Waals surface area (Å²) in [6.07, 6.45) is 12.1. The summed E-state index contributed by atoms with van der Waals surface area (Å²) in [7, 11) is 0. The molecule has 16 heavy (non-hydrogen) atoms. The van der Waals surface area contributed by atoms with Crippen molar-refractivity contribution in [3.05, 3.63) is 0 Å². The fourth-order valence-electron chi connectivity index (χ4n) is 3.49. The highest BCUT2D eigenvalue weighted by Gasteiger charge is 2.36. The largest absolute Gasteiger partial charge is 0.370 e. The predicted molar refractivity (Wildman–Crippen MR) is 67.4 cm³/mol. The van der Waals surface area contributed by atoms with Gasteiger partial charge in [-0.1, -0.05) is 39.0 Å². The van der Waals surface area contributed by atoms with Crippen LogP contribution in [-0.4, -0.2) is 18.2 Å². The molecule has 0 spiro atoms. The zero-order chi connectivity index (χ0) is 11.4. The first kappa shape index (κ1) is 12.4. The Bertz CT molecular complexity index is 213. The first-order chi connectivity index (χ1) is 7.74. The second-order valence-corrected chi connectivity index (χ2v) is 5.97. The molecule has 2 unspecified atom stereocenters. The Kier molecular flexibility index (Phi) is 4.26. The molecule has 2 N–H and O–H groups in total. The Hall–Kier alpha value is -0.0800. The summed E-state index contributed by atoms with van der Waals surface area (Å²) in [5.74, 6) is 0.792. The number of rotatable bonds is 3. The molecule has 2 heteroatoms. The van der Waals surface area contributed by atoms with Crippen molar-refractivity contribution in [1.29, 1.82) is 0 Å². The molecule has 2 aliphatic carbocycles. The average molecular weight is 225 g/mol. The normalized spacial score (nSPS) is 37.5. The van der Waals surface area contributed by atoms with E-state index in [0.29, 0.717) is 12.6 Å². The first-order valence-electron chi connectivity index (χ1n) is 7.12. The lowest BCUT2D eigenvalue weighted by atomic mass is 9.78. The van der Waals surface area contributed by atoms with Crippen LogP contribution in [0.3, 0.4) is 0 Å². The topological polar surface area (TPSA) is 35.2 Å². The van der Waals surface area contributed by atoms with Gasteiger partial charge in [0.15, 0.2) is 0 Å². The summed E-state index contributed by atoms with van der Waals surface area (Å²) < 4.78 is 6.41. The summed E-state index contributed by atoms with van der Waals surface area (Å²) in [5.41, 5.74) is 6.02. The molecule has 0 bridgehead atoms. The molecule has 0 aromatic rings. The molecule has 0 radical (unpaired) electrons. The Morgan fingerprint density at radius 3 is 2.50 bits per heavy atom. The molecule has 0 aromatic carbocycles. The number of hydrogen-bond donors (Lipinski definition) is 1. The van der Waals surface area contributed by atoms with Crippen LogP contribution in [0.2, 0.25) is 0 Å². The van der Waals surface area contributed by atoms with Crippen molar-refractivity contribution in [3.8, 4) is 0 Å². The summed E-state index contributed by atoms with van der Waals surface area (Å²) in [6, 6.07) is 0. The maximum Gasteiger partial charge on any atom is 0.0810 e. The van der Waals surface area contributed by atoms with Gasteiger partial charge in [-0.05, 0) is 31.6 Å². The van der Waals surface area contributed by atoms with Crippen molar-refractivity contribution in [2.24, 2.45) is 11.7 Å². The highest BCUT2D eigenvalue weighted by Crippen LogP contribution is 2.37. The second kappa shape index (κ2) is 5.50. The lowest BCUT2D eigenvalue weighted by Crippen LogP contribution is -2.47. The van der Waals surface area contributed by atoms with E-state index in [0.717, 1.165) is 5.92 Å². The molecule has 2 nitrogen and oxygen atoms in total. The minimum absolute atomic E-state index is 0.0275. The van der Waals surface area contributed by atoms with E-state index in [1.807, 2.05) is 0 Å². The fraction of sp³-hybridized carbons (Fsp3) is 1.00. The second-order valence-electron chi connectivity index (χ2n) is 5.97. The molecule has 2 aliphatic rings. The minimum Gasteiger partial charge on any atom is -0.370 e. The molecular formula is C14H27NO. The van der Waals surface area contributed by atoms with E-state index in [1.165, 1.54) is 57.8 Å². The van der Waals surface area contributed by atoms with Gasteiger partial charge in [0.1, 0.15) is 0 Å². The standard InChI is InChI=1S/C14H27NO/c1-12-6-5-9-14(10-12,11-15)16-13-7-3-2-4-8-13/h12-13H,2-11,15H2,1H3. The maximum atomic E-state index is 6.41. The summed E-state index contributed by atoms with van der Waals surface area (Å²) in [4.78, 5) is 0. The number of ether oxygens (including phenoxy) is 1. The van der Waals surface area contributed by atoms with Crippen molar-refractivity contribution in [2.75, 3.05) is 6.54 Å². The quantitative estimate of drug-likeness (QED) is 0.800. The highest BCUT2D eigenvalue weighted by atomic mass is 16.5. The van der Waals surface area contributed by atoms with Gasteiger partial charge in [0, 0.05) is 6.54 Å². The zero-order valence-electron chi connectivity index (χ0n) is 10.7. The lowest BCUT2D eigenvalue weighted by molar-refractivity contribution is -0.125. The molecule has 0 saturated heterocycles. The Morgan fingerprint density at radius 2 is 1.88 bits per heavy atom. The molecular weight excluding hydrogens is 198 g/mol. The number of nitrogens with two attached hydrogens (primary N) is 1.